The van der Waals surface area contributed by atoms with Crippen LogP contribution in [0.4, 0.5) is 0 Å². The number of hydrogen-bond donors (Lipinski definition) is 1. The lowest BCUT2D eigenvalue weighted by molar-refractivity contribution is -0.170. The van der Waals surface area contributed by atoms with E-state index < -0.39 is 30.4 Å². The third-order valence-corrected chi connectivity index (χ3v) is 3.53. The summed E-state index contributed by atoms with van der Waals surface area (Å²) in [6.45, 7) is 2.59. The van der Waals surface area contributed by atoms with E-state index in [1.807, 2.05) is 22.6 Å². The van der Waals surface area contributed by atoms with Gasteiger partial charge in [0.05, 0.1) is 3.92 Å². The number of ether oxygens (including phenoxy) is 3. The Hall–Kier alpha value is -0.410. The van der Waals surface area contributed by atoms with Crippen LogP contribution in [0.25, 0.3) is 0 Å². The van der Waals surface area contributed by atoms with E-state index in [1.54, 1.807) is 0 Å². The number of carbonyl (C=O) groups excluding carboxylic acids is 2. The molecule has 92 valence electrons. The monoisotopic (exact) mass is 344 g/mol. The lowest BCUT2D eigenvalue weighted by Gasteiger charge is -2.16. The number of aliphatic hydroxyl groups excluding tert-OH is 1. The second kappa shape index (κ2) is 5.78. The van der Waals surface area contributed by atoms with Gasteiger partial charge in [-0.3, -0.25) is 9.59 Å². The Bertz CT molecular complexity index is 281. The fourth-order valence-corrected chi connectivity index (χ4v) is 2.23. The van der Waals surface area contributed by atoms with Crippen molar-refractivity contribution < 1.29 is 28.9 Å². The molecular formula is C9H13IO6. The summed E-state index contributed by atoms with van der Waals surface area (Å²) in [4.78, 5) is 21.4. The van der Waals surface area contributed by atoms with E-state index in [4.69, 9.17) is 14.2 Å². The Kier molecular flexibility index (Phi) is 4.93. The van der Waals surface area contributed by atoms with E-state index in [1.165, 1.54) is 13.8 Å². The number of esters is 2. The molecule has 7 heteroatoms. The van der Waals surface area contributed by atoms with Crippen molar-refractivity contribution in [3.8, 4) is 0 Å². The maximum Gasteiger partial charge on any atom is 0.303 e. The first kappa shape index (κ1) is 13.7. The summed E-state index contributed by atoms with van der Waals surface area (Å²) >= 11 is 2.00. The minimum atomic E-state index is -1.17. The molecule has 6 nitrogen and oxygen atoms in total. The molecule has 0 amide bonds. The summed E-state index contributed by atoms with van der Waals surface area (Å²) in [6, 6.07) is 0. The molecule has 0 saturated carbocycles. The van der Waals surface area contributed by atoms with Gasteiger partial charge in [-0.25, -0.2) is 0 Å². The van der Waals surface area contributed by atoms with Crippen molar-refractivity contribution in [3.05, 3.63) is 0 Å². The molecule has 0 aromatic carbocycles. The molecular weight excluding hydrogens is 331 g/mol. The fraction of sp³-hybridized carbons (Fsp3) is 0.778. The van der Waals surface area contributed by atoms with E-state index >= 15 is 0 Å². The first-order valence-corrected chi connectivity index (χ1v) is 5.94. The Morgan fingerprint density at radius 1 is 1.38 bits per heavy atom. The van der Waals surface area contributed by atoms with Gasteiger partial charge in [0.2, 0.25) is 0 Å². The third kappa shape index (κ3) is 3.56. The van der Waals surface area contributed by atoms with Crippen LogP contribution < -0.4 is 0 Å². The van der Waals surface area contributed by atoms with Gasteiger partial charge in [0, 0.05) is 13.8 Å². The van der Waals surface area contributed by atoms with Gasteiger partial charge in [0.25, 0.3) is 0 Å². The van der Waals surface area contributed by atoms with E-state index in [-0.39, 0.29) is 10.5 Å². The Balaban J connectivity index is 2.52. The fourth-order valence-electron chi connectivity index (χ4n) is 1.35. The highest BCUT2D eigenvalue weighted by atomic mass is 127. The maximum atomic E-state index is 10.8. The Labute approximate surface area is 106 Å². The maximum absolute atomic E-state index is 10.8. The molecule has 4 atom stereocenters. The van der Waals surface area contributed by atoms with Crippen molar-refractivity contribution >= 4 is 34.5 Å². The molecule has 0 aromatic heterocycles. The highest BCUT2D eigenvalue weighted by molar-refractivity contribution is 14.1. The number of carbonyl (C=O) groups is 2. The summed E-state index contributed by atoms with van der Waals surface area (Å²) in [5, 5.41) is 9.50. The van der Waals surface area contributed by atoms with Gasteiger partial charge in [-0.1, -0.05) is 22.6 Å². The topological polar surface area (TPSA) is 82.1 Å². The first-order valence-electron chi connectivity index (χ1n) is 4.70. The average molecular weight is 344 g/mol. The molecule has 1 aliphatic rings. The molecule has 1 saturated heterocycles. The predicted octanol–water partition coefficient (Wildman–Crippen LogP) is 0.00200. The minimum Gasteiger partial charge on any atom is -0.463 e. The van der Waals surface area contributed by atoms with Crippen LogP contribution in [0.1, 0.15) is 13.8 Å². The highest BCUT2D eigenvalue weighted by Gasteiger charge is 2.45. The quantitative estimate of drug-likeness (QED) is 0.441. The van der Waals surface area contributed by atoms with Crippen LogP contribution in [-0.4, -0.2) is 46.1 Å². The van der Waals surface area contributed by atoms with Crippen LogP contribution in [0.5, 0.6) is 0 Å². The molecule has 1 fully saturated rings. The zero-order valence-corrected chi connectivity index (χ0v) is 11.0. The van der Waals surface area contributed by atoms with Crippen molar-refractivity contribution in [2.75, 3.05) is 6.61 Å². The number of rotatable bonds is 3. The molecule has 1 rings (SSSR count). The zero-order valence-electron chi connectivity index (χ0n) is 8.88. The molecule has 1 heterocycles. The summed E-state index contributed by atoms with van der Waals surface area (Å²) in [5.74, 6) is -0.903. The van der Waals surface area contributed by atoms with Crippen molar-refractivity contribution in [2.45, 2.75) is 36.3 Å². The molecule has 0 aliphatic carbocycles. The summed E-state index contributed by atoms with van der Waals surface area (Å²) in [5.41, 5.74) is 0. The van der Waals surface area contributed by atoms with Crippen LogP contribution in [0, 0.1) is 0 Å². The average Bonchev–Trinajstić information content (AvgIpc) is 2.42. The summed E-state index contributed by atoms with van der Waals surface area (Å²) in [7, 11) is 0. The number of halogens is 1. The molecule has 0 aromatic rings. The van der Waals surface area contributed by atoms with Gasteiger partial charge in [-0.2, -0.15) is 0 Å². The van der Waals surface area contributed by atoms with Crippen molar-refractivity contribution in [3.63, 3.8) is 0 Å². The zero-order chi connectivity index (χ0) is 12.3. The molecule has 1 N–H and O–H groups in total. The van der Waals surface area contributed by atoms with Gasteiger partial charge in [-0.05, 0) is 0 Å². The third-order valence-electron chi connectivity index (χ3n) is 2.02. The molecule has 0 radical (unpaired) electrons. The smallest absolute Gasteiger partial charge is 0.303 e. The standard InChI is InChI=1S/C9H13IO6/c1-4(11)14-3-6-7(10)8(9(13)16-6)15-5(2)12/h6-9,13H,3H2,1-2H3/t6-,7+,8-,9+/m1/s1. The lowest BCUT2D eigenvalue weighted by Crippen LogP contribution is -2.33. The van der Waals surface area contributed by atoms with E-state index in [2.05, 4.69) is 0 Å². The summed E-state index contributed by atoms with van der Waals surface area (Å²) < 4.78 is 14.6. The Morgan fingerprint density at radius 2 is 2.00 bits per heavy atom. The number of aliphatic hydroxyl groups is 1. The lowest BCUT2D eigenvalue weighted by atomic mass is 10.2. The normalized spacial score (nSPS) is 33.5. The number of alkyl halides is 1. The molecule has 0 bridgehead atoms. The van der Waals surface area contributed by atoms with E-state index in [0.717, 1.165) is 0 Å². The van der Waals surface area contributed by atoms with E-state index in [0.29, 0.717) is 0 Å². The predicted molar refractivity (Wildman–Crippen MR) is 60.9 cm³/mol. The highest BCUT2D eigenvalue weighted by Crippen LogP contribution is 2.29. The van der Waals surface area contributed by atoms with E-state index in [9.17, 15) is 14.7 Å². The summed E-state index contributed by atoms with van der Waals surface area (Å²) in [6.07, 6.45) is -2.37. The van der Waals surface area contributed by atoms with Gasteiger partial charge < -0.3 is 19.3 Å². The van der Waals surface area contributed by atoms with Gasteiger partial charge in [-0.15, -0.1) is 0 Å². The van der Waals surface area contributed by atoms with Crippen molar-refractivity contribution in [2.24, 2.45) is 0 Å². The van der Waals surface area contributed by atoms with Crippen molar-refractivity contribution in [1.29, 1.82) is 0 Å². The van der Waals surface area contributed by atoms with Gasteiger partial charge in [0.15, 0.2) is 12.4 Å². The van der Waals surface area contributed by atoms with Crippen LogP contribution in [0.3, 0.4) is 0 Å². The molecule has 0 spiro atoms. The first-order chi connectivity index (χ1) is 7.41. The second-order valence-corrected chi connectivity index (χ2v) is 4.82. The number of hydrogen-bond acceptors (Lipinski definition) is 6. The SMILES string of the molecule is CC(=O)OC[C@H]1O[C@H](O)[C@H](OC(C)=O)[C@H]1I. The minimum absolute atomic E-state index is 0.0394. The van der Waals surface area contributed by atoms with Gasteiger partial charge >= 0.3 is 11.9 Å². The van der Waals surface area contributed by atoms with Crippen LogP contribution in [0.15, 0.2) is 0 Å². The second-order valence-electron chi connectivity index (χ2n) is 3.39. The van der Waals surface area contributed by atoms with Gasteiger partial charge in [0.1, 0.15) is 12.7 Å². The van der Waals surface area contributed by atoms with Crippen molar-refractivity contribution in [1.82, 2.24) is 0 Å². The molecule has 1 aliphatic heterocycles. The molecule has 0 unspecified atom stereocenters. The van der Waals surface area contributed by atoms with Crippen LogP contribution in [0.2, 0.25) is 0 Å². The van der Waals surface area contributed by atoms with Crippen LogP contribution in [-0.2, 0) is 23.8 Å². The Morgan fingerprint density at radius 3 is 2.50 bits per heavy atom. The largest absolute Gasteiger partial charge is 0.463 e. The van der Waals surface area contributed by atoms with Crippen LogP contribution >= 0.6 is 22.6 Å². The molecule has 16 heavy (non-hydrogen) atoms.